The minimum Gasteiger partial charge on any atom is -0.395 e. The Kier molecular flexibility index (Phi) is 3.66. The van der Waals surface area contributed by atoms with Crippen LogP contribution in [-0.4, -0.2) is 28.0 Å². The molecule has 0 heterocycles. The van der Waals surface area contributed by atoms with E-state index in [1.807, 2.05) is 0 Å². The van der Waals surface area contributed by atoms with Gasteiger partial charge in [0.25, 0.3) is 0 Å². The van der Waals surface area contributed by atoms with Crippen molar-refractivity contribution in [2.24, 2.45) is 0 Å². The smallest absolute Gasteiger partial charge is 0.358 e. The highest BCUT2D eigenvalue weighted by atomic mass is 31.2. The van der Waals surface area contributed by atoms with E-state index in [1.54, 1.807) is 18.2 Å². The second kappa shape index (κ2) is 4.57. The fourth-order valence-corrected chi connectivity index (χ4v) is 1.82. The summed E-state index contributed by atoms with van der Waals surface area (Å²) in [5.41, 5.74) is 0.356. The van der Waals surface area contributed by atoms with Gasteiger partial charge in [0.05, 0.1) is 11.9 Å². The molecule has 78 valence electrons. The molecule has 0 aliphatic heterocycles. The molecule has 0 amide bonds. The molecule has 1 aromatic rings. The van der Waals surface area contributed by atoms with Crippen LogP contribution in [0.4, 0.5) is 5.69 Å². The van der Waals surface area contributed by atoms with Gasteiger partial charge in [-0.15, -0.1) is 0 Å². The third kappa shape index (κ3) is 2.82. The van der Waals surface area contributed by atoms with Gasteiger partial charge in [0.15, 0.2) is 0 Å². The Hall–Kier alpha value is -0.870. The normalized spacial score (nSPS) is 11.4. The first-order valence-electron chi connectivity index (χ1n) is 4.05. The summed E-state index contributed by atoms with van der Waals surface area (Å²) in [6.07, 6.45) is 0. The standard InChI is InChI=1S/C8H12NO4P/c10-6-5-9-7-3-1-2-4-8(7)14(11,12)13/h1-4,9-10H,5-6H2,(H2,11,12,13). The van der Waals surface area contributed by atoms with Crippen LogP contribution < -0.4 is 10.6 Å². The number of benzene rings is 1. The lowest BCUT2D eigenvalue weighted by Gasteiger charge is -2.11. The third-order valence-electron chi connectivity index (χ3n) is 1.65. The Morgan fingerprint density at radius 2 is 1.93 bits per heavy atom. The fraction of sp³-hybridized carbons (Fsp3) is 0.250. The summed E-state index contributed by atoms with van der Waals surface area (Å²) in [5.74, 6) is 0. The van der Waals surface area contributed by atoms with Gasteiger partial charge in [-0.1, -0.05) is 12.1 Å². The van der Waals surface area contributed by atoms with Crippen LogP contribution in [0.2, 0.25) is 0 Å². The lowest BCUT2D eigenvalue weighted by molar-refractivity contribution is 0.311. The zero-order valence-electron chi connectivity index (χ0n) is 7.42. The number of nitrogens with one attached hydrogen (secondary N) is 1. The maximum Gasteiger partial charge on any atom is 0.358 e. The van der Waals surface area contributed by atoms with E-state index in [2.05, 4.69) is 5.32 Å². The molecule has 0 aromatic heterocycles. The highest BCUT2D eigenvalue weighted by Crippen LogP contribution is 2.36. The first kappa shape index (κ1) is 11.2. The van der Waals surface area contributed by atoms with Gasteiger partial charge in [0.2, 0.25) is 0 Å². The van der Waals surface area contributed by atoms with Crippen molar-refractivity contribution in [2.45, 2.75) is 0 Å². The molecular formula is C8H12NO4P. The van der Waals surface area contributed by atoms with Crippen LogP contribution in [0.1, 0.15) is 0 Å². The topological polar surface area (TPSA) is 89.8 Å². The van der Waals surface area contributed by atoms with Gasteiger partial charge < -0.3 is 20.2 Å². The van der Waals surface area contributed by atoms with E-state index in [9.17, 15) is 4.57 Å². The molecule has 0 fully saturated rings. The molecule has 14 heavy (non-hydrogen) atoms. The number of hydrogen-bond donors (Lipinski definition) is 4. The van der Waals surface area contributed by atoms with Crippen molar-refractivity contribution in [3.05, 3.63) is 24.3 Å². The van der Waals surface area contributed by atoms with Crippen molar-refractivity contribution in [1.29, 1.82) is 0 Å². The zero-order chi connectivity index (χ0) is 10.6. The molecule has 1 aromatic carbocycles. The maximum atomic E-state index is 11.0. The summed E-state index contributed by atoms with van der Waals surface area (Å²) in [4.78, 5) is 18.0. The van der Waals surface area contributed by atoms with Crippen molar-refractivity contribution in [3.63, 3.8) is 0 Å². The maximum absolute atomic E-state index is 11.0. The molecule has 0 saturated carbocycles. The van der Waals surface area contributed by atoms with Gasteiger partial charge >= 0.3 is 7.60 Å². The molecular weight excluding hydrogens is 205 g/mol. The van der Waals surface area contributed by atoms with Crippen LogP contribution in [0.15, 0.2) is 24.3 Å². The number of rotatable bonds is 4. The summed E-state index contributed by atoms with van der Waals surface area (Å²) in [6.45, 7) is 0.173. The second-order valence-corrected chi connectivity index (χ2v) is 4.28. The number of hydrogen-bond acceptors (Lipinski definition) is 3. The Morgan fingerprint density at radius 3 is 2.50 bits per heavy atom. The van der Waals surface area contributed by atoms with Crippen molar-refractivity contribution >= 4 is 18.6 Å². The molecule has 0 aliphatic carbocycles. The predicted molar refractivity (Wildman–Crippen MR) is 53.7 cm³/mol. The Labute approximate surface area is 81.6 Å². The minimum atomic E-state index is -4.24. The summed E-state index contributed by atoms with van der Waals surface area (Å²) in [5, 5.41) is 11.2. The first-order valence-corrected chi connectivity index (χ1v) is 5.67. The van der Waals surface area contributed by atoms with Crippen molar-refractivity contribution in [3.8, 4) is 0 Å². The Bertz CT molecular complexity index is 349. The summed E-state index contributed by atoms with van der Waals surface area (Å²) in [7, 11) is -4.24. The van der Waals surface area contributed by atoms with E-state index < -0.39 is 7.60 Å². The van der Waals surface area contributed by atoms with E-state index in [0.29, 0.717) is 5.69 Å². The zero-order valence-corrected chi connectivity index (χ0v) is 8.32. The van der Waals surface area contributed by atoms with Crippen molar-refractivity contribution in [1.82, 2.24) is 0 Å². The first-order chi connectivity index (χ1) is 6.55. The second-order valence-electron chi connectivity index (χ2n) is 2.71. The monoisotopic (exact) mass is 217 g/mol. The molecule has 6 heteroatoms. The molecule has 0 radical (unpaired) electrons. The highest BCUT2D eigenvalue weighted by Gasteiger charge is 2.20. The molecule has 4 N–H and O–H groups in total. The quantitative estimate of drug-likeness (QED) is 0.528. The molecule has 0 aliphatic rings. The molecule has 0 unspecified atom stereocenters. The lowest BCUT2D eigenvalue weighted by Crippen LogP contribution is -2.15. The molecule has 5 nitrogen and oxygen atoms in total. The average Bonchev–Trinajstić information content (AvgIpc) is 2.14. The van der Waals surface area contributed by atoms with Crippen LogP contribution in [0.3, 0.4) is 0 Å². The van der Waals surface area contributed by atoms with E-state index in [-0.39, 0.29) is 18.5 Å². The van der Waals surface area contributed by atoms with E-state index in [0.717, 1.165) is 0 Å². The van der Waals surface area contributed by atoms with Crippen molar-refractivity contribution in [2.75, 3.05) is 18.5 Å². The van der Waals surface area contributed by atoms with Gasteiger partial charge in [-0.2, -0.15) is 0 Å². The molecule has 0 bridgehead atoms. The third-order valence-corrected chi connectivity index (χ3v) is 2.66. The SMILES string of the molecule is O=P(O)(O)c1ccccc1NCCO. The van der Waals surface area contributed by atoms with Crippen LogP contribution in [0, 0.1) is 0 Å². The molecule has 0 atom stereocenters. The summed E-state index contributed by atoms with van der Waals surface area (Å²) >= 11 is 0. The van der Waals surface area contributed by atoms with E-state index in [4.69, 9.17) is 14.9 Å². The van der Waals surface area contributed by atoms with Crippen LogP contribution in [-0.2, 0) is 4.57 Å². The van der Waals surface area contributed by atoms with Gasteiger partial charge in [-0.25, -0.2) is 0 Å². The predicted octanol–water partition coefficient (Wildman–Crippen LogP) is -0.106. The van der Waals surface area contributed by atoms with Crippen LogP contribution >= 0.6 is 7.60 Å². The average molecular weight is 217 g/mol. The van der Waals surface area contributed by atoms with Gasteiger partial charge in [-0.05, 0) is 12.1 Å². The molecule has 0 spiro atoms. The lowest BCUT2D eigenvalue weighted by atomic mass is 10.3. The minimum absolute atomic E-state index is 0.0477. The Morgan fingerprint density at radius 1 is 1.29 bits per heavy atom. The number of para-hydroxylation sites is 1. The number of aliphatic hydroxyl groups is 1. The van der Waals surface area contributed by atoms with Crippen molar-refractivity contribution < 1.29 is 19.5 Å². The molecule has 0 saturated heterocycles. The number of aliphatic hydroxyl groups excluding tert-OH is 1. The highest BCUT2D eigenvalue weighted by molar-refractivity contribution is 7.60. The fourth-order valence-electron chi connectivity index (χ4n) is 1.07. The van der Waals surface area contributed by atoms with Crippen LogP contribution in [0.5, 0.6) is 0 Å². The van der Waals surface area contributed by atoms with Gasteiger partial charge in [0.1, 0.15) is 0 Å². The van der Waals surface area contributed by atoms with E-state index >= 15 is 0 Å². The van der Waals surface area contributed by atoms with Crippen LogP contribution in [0.25, 0.3) is 0 Å². The Balaban J connectivity index is 2.98. The largest absolute Gasteiger partial charge is 0.395 e. The van der Waals surface area contributed by atoms with Gasteiger partial charge in [0, 0.05) is 12.2 Å². The summed E-state index contributed by atoms with van der Waals surface area (Å²) in [6, 6.07) is 6.14. The van der Waals surface area contributed by atoms with Gasteiger partial charge in [-0.3, -0.25) is 4.57 Å². The molecule has 1 rings (SSSR count). The van der Waals surface area contributed by atoms with E-state index in [1.165, 1.54) is 6.07 Å². The number of anilines is 1. The summed E-state index contributed by atoms with van der Waals surface area (Å²) < 4.78 is 11.0.